The minimum absolute atomic E-state index is 0.160. The highest BCUT2D eigenvalue weighted by Gasteiger charge is 2.51. The van der Waals surface area contributed by atoms with Crippen molar-refractivity contribution in [1.82, 2.24) is 0 Å². The Bertz CT molecular complexity index is 928. The third-order valence-electron chi connectivity index (χ3n) is 5.70. The van der Waals surface area contributed by atoms with E-state index >= 15 is 0 Å². The molecule has 176 valence electrons. The van der Waals surface area contributed by atoms with E-state index in [4.69, 9.17) is 18.6 Å². The molecule has 3 unspecified atom stereocenters. The summed E-state index contributed by atoms with van der Waals surface area (Å²) in [5, 5.41) is 2.05. The molecular weight excluding hydrogens is 436 g/mol. The lowest BCUT2D eigenvalue weighted by Gasteiger charge is -2.44. The van der Waals surface area contributed by atoms with Crippen LogP contribution in [0.1, 0.15) is 34.6 Å². The molecule has 0 amide bonds. The van der Waals surface area contributed by atoms with E-state index in [2.05, 4.69) is 45.0 Å². The zero-order chi connectivity index (χ0) is 24.1. The van der Waals surface area contributed by atoms with Crippen molar-refractivity contribution in [2.24, 2.45) is 0 Å². The fraction of sp³-hybridized carbons (Fsp3) is 0.385. The van der Waals surface area contributed by atoms with E-state index < -0.39 is 38.6 Å². The number of rotatable bonds is 7. The normalized spacial score (nSPS) is 20.6. The highest BCUT2D eigenvalue weighted by Crippen LogP contribution is 2.37. The standard InChI is InChI=1S/C26H32O6Si/c1-19(27)31-23-16-17-29-24(25(23)32-20(2)28)18-30-33(26(3,4)5,21-12-8-6-9-13-21)22-14-10-7-11-15-22/h6-17,23-25H,18H2,1-5H3. The molecule has 1 heterocycles. The van der Waals surface area contributed by atoms with Crippen molar-refractivity contribution >= 4 is 30.6 Å². The van der Waals surface area contributed by atoms with Crippen molar-refractivity contribution < 1.29 is 28.2 Å². The average Bonchev–Trinajstić information content (AvgIpc) is 2.76. The molecule has 33 heavy (non-hydrogen) atoms. The van der Waals surface area contributed by atoms with Crippen molar-refractivity contribution in [3.8, 4) is 0 Å². The summed E-state index contributed by atoms with van der Waals surface area (Å²) >= 11 is 0. The Hall–Kier alpha value is -2.90. The van der Waals surface area contributed by atoms with Gasteiger partial charge in [-0.25, -0.2) is 0 Å². The lowest BCUT2D eigenvalue weighted by molar-refractivity contribution is -0.175. The predicted molar refractivity (Wildman–Crippen MR) is 129 cm³/mol. The first-order chi connectivity index (χ1) is 15.6. The number of carbonyl (C=O) groups is 2. The Morgan fingerprint density at radius 1 is 0.879 bits per heavy atom. The predicted octanol–water partition coefficient (Wildman–Crippen LogP) is 3.34. The fourth-order valence-electron chi connectivity index (χ4n) is 4.36. The van der Waals surface area contributed by atoms with Crippen LogP contribution in [0.2, 0.25) is 5.04 Å². The lowest BCUT2D eigenvalue weighted by atomic mass is 10.1. The van der Waals surface area contributed by atoms with Gasteiger partial charge in [0.05, 0.1) is 12.9 Å². The summed E-state index contributed by atoms with van der Waals surface area (Å²) in [6, 6.07) is 20.5. The second-order valence-corrected chi connectivity index (χ2v) is 13.4. The molecule has 0 radical (unpaired) electrons. The maximum atomic E-state index is 11.8. The van der Waals surface area contributed by atoms with Crippen LogP contribution in [0.25, 0.3) is 0 Å². The molecule has 1 aliphatic heterocycles. The van der Waals surface area contributed by atoms with E-state index in [1.54, 1.807) is 6.08 Å². The number of hydrogen-bond donors (Lipinski definition) is 0. The number of ether oxygens (including phenoxy) is 3. The topological polar surface area (TPSA) is 71.1 Å². The number of esters is 2. The molecule has 1 aliphatic rings. The third-order valence-corrected chi connectivity index (χ3v) is 10.7. The molecule has 3 rings (SSSR count). The van der Waals surface area contributed by atoms with Crippen LogP contribution >= 0.6 is 0 Å². The molecule has 2 aromatic rings. The van der Waals surface area contributed by atoms with Gasteiger partial charge in [0.1, 0.15) is 0 Å². The Kier molecular flexibility index (Phi) is 7.76. The Morgan fingerprint density at radius 2 is 1.39 bits per heavy atom. The van der Waals surface area contributed by atoms with Gasteiger partial charge in [0.25, 0.3) is 8.32 Å². The summed E-state index contributed by atoms with van der Waals surface area (Å²) in [4.78, 5) is 23.4. The summed E-state index contributed by atoms with van der Waals surface area (Å²) in [5.41, 5.74) is 0. The monoisotopic (exact) mass is 468 g/mol. The summed E-state index contributed by atoms with van der Waals surface area (Å²) in [7, 11) is -2.81. The Morgan fingerprint density at radius 3 is 1.85 bits per heavy atom. The molecule has 0 spiro atoms. The van der Waals surface area contributed by atoms with Crippen molar-refractivity contribution in [3.63, 3.8) is 0 Å². The highest BCUT2D eigenvalue weighted by molar-refractivity contribution is 6.99. The first kappa shape index (κ1) is 24.7. The van der Waals surface area contributed by atoms with Crippen LogP contribution in [0.15, 0.2) is 73.0 Å². The summed E-state index contributed by atoms with van der Waals surface area (Å²) < 4.78 is 23.6. The van der Waals surface area contributed by atoms with Gasteiger partial charge in [-0.15, -0.1) is 0 Å². The molecule has 2 aromatic carbocycles. The smallest absolute Gasteiger partial charge is 0.303 e. The number of benzene rings is 2. The third kappa shape index (κ3) is 5.54. The van der Waals surface area contributed by atoms with Gasteiger partial charge in [-0.2, -0.15) is 0 Å². The minimum atomic E-state index is -2.81. The van der Waals surface area contributed by atoms with Gasteiger partial charge < -0.3 is 18.6 Å². The van der Waals surface area contributed by atoms with Gasteiger partial charge in [0.2, 0.25) is 0 Å². The van der Waals surface area contributed by atoms with Gasteiger partial charge in [0, 0.05) is 13.8 Å². The Balaban J connectivity index is 2.00. The molecule has 3 atom stereocenters. The highest BCUT2D eigenvalue weighted by atomic mass is 28.4. The summed E-state index contributed by atoms with van der Waals surface area (Å²) in [6.45, 7) is 9.36. The molecule has 0 aromatic heterocycles. The number of hydrogen-bond acceptors (Lipinski definition) is 6. The van der Waals surface area contributed by atoms with E-state index in [1.165, 1.54) is 20.1 Å². The molecule has 6 nitrogen and oxygen atoms in total. The minimum Gasteiger partial charge on any atom is -0.492 e. The van der Waals surface area contributed by atoms with Gasteiger partial charge in [-0.05, 0) is 21.5 Å². The second-order valence-electron chi connectivity index (χ2n) is 9.13. The van der Waals surface area contributed by atoms with Crippen LogP contribution < -0.4 is 10.4 Å². The van der Waals surface area contributed by atoms with Crippen LogP contribution in [-0.4, -0.2) is 45.2 Å². The molecule has 0 fully saturated rings. The van der Waals surface area contributed by atoms with E-state index in [9.17, 15) is 9.59 Å². The van der Waals surface area contributed by atoms with Crippen molar-refractivity contribution in [3.05, 3.63) is 73.0 Å². The molecular formula is C26H32O6Si. The largest absolute Gasteiger partial charge is 0.492 e. The molecule has 0 saturated heterocycles. The SMILES string of the molecule is CC(=O)OC1C=COC(CO[Si](c2ccccc2)(c2ccccc2)C(C)(C)C)C1OC(C)=O. The molecule has 7 heteroatoms. The van der Waals surface area contributed by atoms with Crippen LogP contribution in [0.5, 0.6) is 0 Å². The van der Waals surface area contributed by atoms with Crippen molar-refractivity contribution in [1.29, 1.82) is 0 Å². The van der Waals surface area contributed by atoms with Gasteiger partial charge >= 0.3 is 11.9 Å². The quantitative estimate of drug-likeness (QED) is 0.459. The maximum Gasteiger partial charge on any atom is 0.303 e. The van der Waals surface area contributed by atoms with Crippen LogP contribution in [0.3, 0.4) is 0 Å². The molecule has 0 N–H and O–H groups in total. The molecule has 0 bridgehead atoms. The van der Waals surface area contributed by atoms with Crippen LogP contribution in [0, 0.1) is 0 Å². The van der Waals surface area contributed by atoms with E-state index in [-0.39, 0.29) is 11.6 Å². The molecule has 0 aliphatic carbocycles. The summed E-state index contributed by atoms with van der Waals surface area (Å²) in [5.74, 6) is -0.943. The van der Waals surface area contributed by atoms with E-state index in [0.29, 0.717) is 0 Å². The first-order valence-corrected chi connectivity index (χ1v) is 13.0. The maximum absolute atomic E-state index is 11.8. The van der Waals surface area contributed by atoms with E-state index in [0.717, 1.165) is 10.4 Å². The van der Waals surface area contributed by atoms with Crippen molar-refractivity contribution in [2.75, 3.05) is 6.61 Å². The zero-order valence-electron chi connectivity index (χ0n) is 19.8. The number of carbonyl (C=O) groups excluding carboxylic acids is 2. The average molecular weight is 469 g/mol. The summed E-state index contributed by atoms with van der Waals surface area (Å²) in [6.07, 6.45) is 0.869. The van der Waals surface area contributed by atoms with Gasteiger partial charge in [-0.3, -0.25) is 9.59 Å². The zero-order valence-corrected chi connectivity index (χ0v) is 20.8. The Labute approximate surface area is 196 Å². The van der Waals surface area contributed by atoms with Crippen LogP contribution in [0.4, 0.5) is 0 Å². The lowest BCUT2D eigenvalue weighted by Crippen LogP contribution is -2.67. The van der Waals surface area contributed by atoms with E-state index in [1.807, 2.05) is 36.4 Å². The second kappa shape index (κ2) is 10.4. The van der Waals surface area contributed by atoms with Gasteiger partial charge in [0.15, 0.2) is 18.3 Å². The molecule has 0 saturated carbocycles. The van der Waals surface area contributed by atoms with Crippen molar-refractivity contribution in [2.45, 2.75) is 58.0 Å². The van der Waals surface area contributed by atoms with Gasteiger partial charge in [-0.1, -0.05) is 81.4 Å². The van der Waals surface area contributed by atoms with Crippen LogP contribution in [-0.2, 0) is 28.2 Å². The fourth-order valence-corrected chi connectivity index (χ4v) is 8.93. The first-order valence-electron chi connectivity index (χ1n) is 11.1.